The summed E-state index contributed by atoms with van der Waals surface area (Å²) in [5.41, 5.74) is 6.63. The van der Waals surface area contributed by atoms with Gasteiger partial charge < -0.3 is 15.4 Å². The molecule has 0 amide bonds. The third kappa shape index (κ3) is 4.31. The van der Waals surface area contributed by atoms with E-state index in [1.807, 2.05) is 11.0 Å². The van der Waals surface area contributed by atoms with Crippen molar-refractivity contribution in [2.45, 2.75) is 6.54 Å². The molecule has 1 aromatic carbocycles. The molecule has 0 saturated carbocycles. The number of nitrogens with zero attached hydrogens (tertiary/aromatic N) is 3. The number of hydrogen-bond acceptors (Lipinski definition) is 3. The highest BCUT2D eigenvalue weighted by atomic mass is 127. The lowest BCUT2D eigenvalue weighted by Crippen LogP contribution is -2.44. The maximum atomic E-state index is 13.5. The van der Waals surface area contributed by atoms with Crippen LogP contribution < -0.4 is 5.73 Å². The summed E-state index contributed by atoms with van der Waals surface area (Å²) in [7, 11) is 0. The Balaban J connectivity index is 0.00000200. The van der Waals surface area contributed by atoms with E-state index >= 15 is 0 Å². The summed E-state index contributed by atoms with van der Waals surface area (Å²) in [6.45, 7) is 2.75. The van der Waals surface area contributed by atoms with Crippen molar-refractivity contribution in [3.05, 3.63) is 35.1 Å². The van der Waals surface area contributed by atoms with Gasteiger partial charge in [0.05, 0.1) is 31.4 Å². The molecule has 0 bridgehead atoms. The fourth-order valence-electron chi connectivity index (χ4n) is 1.82. The number of hydrogen-bond donors (Lipinski definition) is 1. The third-order valence-corrected chi connectivity index (χ3v) is 2.92. The summed E-state index contributed by atoms with van der Waals surface area (Å²) in [6, 6.07) is 6.17. The predicted octanol–water partition coefficient (Wildman–Crippen LogP) is 1.46. The predicted molar refractivity (Wildman–Crippen MR) is 84.2 cm³/mol. The molecule has 5 nitrogen and oxygen atoms in total. The monoisotopic (exact) mass is 390 g/mol. The second kappa shape index (κ2) is 8.01. The Morgan fingerprint density at radius 2 is 2.15 bits per heavy atom. The number of morpholine rings is 1. The minimum Gasteiger partial charge on any atom is -0.378 e. The summed E-state index contributed by atoms with van der Waals surface area (Å²) in [5.74, 6) is 0.00240. The zero-order valence-corrected chi connectivity index (χ0v) is 13.2. The molecule has 1 aromatic rings. The van der Waals surface area contributed by atoms with Crippen LogP contribution in [0.3, 0.4) is 0 Å². The maximum Gasteiger partial charge on any atom is 0.191 e. The van der Waals surface area contributed by atoms with Crippen molar-refractivity contribution in [3.63, 3.8) is 0 Å². The minimum absolute atomic E-state index is 0. The van der Waals surface area contributed by atoms with Gasteiger partial charge in [0, 0.05) is 18.7 Å². The summed E-state index contributed by atoms with van der Waals surface area (Å²) >= 11 is 0. The molecule has 2 N–H and O–H groups in total. The number of guanidine groups is 1. The Labute approximate surface area is 134 Å². The molecule has 0 unspecified atom stereocenters. The van der Waals surface area contributed by atoms with Gasteiger partial charge in [0.25, 0.3) is 0 Å². The quantitative estimate of drug-likeness (QED) is 0.472. The molecule has 1 aliphatic heterocycles. The lowest BCUT2D eigenvalue weighted by molar-refractivity contribution is 0.0674. The Bertz CT molecular complexity index is 524. The van der Waals surface area contributed by atoms with E-state index in [4.69, 9.17) is 15.7 Å². The fourth-order valence-corrected chi connectivity index (χ4v) is 1.82. The Hall–Kier alpha value is -1.40. The highest BCUT2D eigenvalue weighted by Gasteiger charge is 2.12. The van der Waals surface area contributed by atoms with Gasteiger partial charge in [-0.15, -0.1) is 24.0 Å². The van der Waals surface area contributed by atoms with Gasteiger partial charge >= 0.3 is 0 Å². The molecule has 0 radical (unpaired) electrons. The van der Waals surface area contributed by atoms with Crippen LogP contribution in [0.5, 0.6) is 0 Å². The molecule has 108 valence electrons. The summed E-state index contributed by atoms with van der Waals surface area (Å²) in [4.78, 5) is 6.07. The number of halogens is 2. The van der Waals surface area contributed by atoms with Crippen molar-refractivity contribution in [3.8, 4) is 6.07 Å². The van der Waals surface area contributed by atoms with Crippen LogP contribution in [-0.2, 0) is 11.3 Å². The van der Waals surface area contributed by atoms with Crippen molar-refractivity contribution < 1.29 is 9.13 Å². The van der Waals surface area contributed by atoms with Crippen LogP contribution >= 0.6 is 24.0 Å². The smallest absolute Gasteiger partial charge is 0.191 e. The molecule has 20 heavy (non-hydrogen) atoms. The molecule has 1 heterocycles. The van der Waals surface area contributed by atoms with E-state index in [0.717, 1.165) is 0 Å². The second-order valence-electron chi connectivity index (χ2n) is 4.19. The molecule has 0 spiro atoms. The molecular weight excluding hydrogens is 374 g/mol. The van der Waals surface area contributed by atoms with Gasteiger partial charge in [0.15, 0.2) is 5.96 Å². The van der Waals surface area contributed by atoms with Gasteiger partial charge in [-0.25, -0.2) is 9.38 Å². The zero-order valence-electron chi connectivity index (χ0n) is 10.9. The molecule has 0 aliphatic carbocycles. The van der Waals surface area contributed by atoms with Crippen LogP contribution in [0.2, 0.25) is 0 Å². The first-order valence-corrected chi connectivity index (χ1v) is 6.02. The van der Waals surface area contributed by atoms with Gasteiger partial charge in [-0.05, 0) is 18.2 Å². The van der Waals surface area contributed by atoms with E-state index < -0.39 is 0 Å². The third-order valence-electron chi connectivity index (χ3n) is 2.92. The summed E-state index contributed by atoms with van der Waals surface area (Å²) < 4.78 is 18.8. The molecule has 1 aliphatic rings. The molecule has 2 rings (SSSR count). The topological polar surface area (TPSA) is 74.6 Å². The summed E-state index contributed by atoms with van der Waals surface area (Å²) in [5, 5.41) is 8.78. The number of nitriles is 1. The van der Waals surface area contributed by atoms with Gasteiger partial charge in [-0.2, -0.15) is 5.26 Å². The second-order valence-corrected chi connectivity index (χ2v) is 4.19. The van der Waals surface area contributed by atoms with Crippen LogP contribution in [-0.4, -0.2) is 37.2 Å². The highest BCUT2D eigenvalue weighted by Crippen LogP contribution is 2.11. The maximum absolute atomic E-state index is 13.5. The minimum atomic E-state index is -0.377. The van der Waals surface area contributed by atoms with E-state index in [1.54, 1.807) is 0 Å². The van der Waals surface area contributed by atoms with Crippen LogP contribution in [0, 0.1) is 17.1 Å². The van der Waals surface area contributed by atoms with Crippen molar-refractivity contribution in [1.29, 1.82) is 5.26 Å². The van der Waals surface area contributed by atoms with Gasteiger partial charge in [-0.3, -0.25) is 0 Å². The average Bonchev–Trinajstić information content (AvgIpc) is 2.47. The first kappa shape index (κ1) is 16.7. The molecule has 1 fully saturated rings. The normalized spacial score (nSPS) is 15.4. The first-order valence-electron chi connectivity index (χ1n) is 6.02. The lowest BCUT2D eigenvalue weighted by atomic mass is 10.1. The Morgan fingerprint density at radius 1 is 1.45 bits per heavy atom. The number of benzene rings is 1. The largest absolute Gasteiger partial charge is 0.378 e. The van der Waals surface area contributed by atoms with Crippen molar-refractivity contribution >= 4 is 29.9 Å². The fraction of sp³-hybridized carbons (Fsp3) is 0.385. The number of rotatable bonds is 2. The highest BCUT2D eigenvalue weighted by molar-refractivity contribution is 14.0. The average molecular weight is 390 g/mol. The van der Waals surface area contributed by atoms with Gasteiger partial charge in [-0.1, -0.05) is 0 Å². The molecule has 7 heteroatoms. The van der Waals surface area contributed by atoms with E-state index in [2.05, 4.69) is 4.99 Å². The zero-order chi connectivity index (χ0) is 13.7. The number of nitrogens with two attached hydrogens (primary N) is 1. The Morgan fingerprint density at radius 3 is 2.80 bits per heavy atom. The molecule has 1 saturated heterocycles. The Kier molecular flexibility index (Phi) is 6.67. The number of ether oxygens (including phenoxy) is 1. The number of aliphatic imine (C=N–C) groups is 1. The van der Waals surface area contributed by atoms with Gasteiger partial charge in [0.2, 0.25) is 0 Å². The van der Waals surface area contributed by atoms with E-state index in [-0.39, 0.29) is 36.3 Å². The van der Waals surface area contributed by atoms with Gasteiger partial charge in [0.1, 0.15) is 5.82 Å². The van der Waals surface area contributed by atoms with E-state index in [1.165, 1.54) is 18.2 Å². The lowest BCUT2D eigenvalue weighted by Gasteiger charge is -2.27. The molecule has 0 aromatic heterocycles. The SMILES string of the molecule is I.N#Cc1ccc(F)c(CN=C(N)N2CCOCC2)c1. The van der Waals surface area contributed by atoms with E-state index in [0.29, 0.717) is 43.4 Å². The standard InChI is InChI=1S/C13H15FN4O.HI/c14-12-2-1-10(8-15)7-11(12)9-17-13(16)18-3-5-19-6-4-18;/h1-2,7H,3-6,9H2,(H2,16,17);1H. The van der Waals surface area contributed by atoms with Crippen LogP contribution in [0.4, 0.5) is 4.39 Å². The van der Waals surface area contributed by atoms with E-state index in [9.17, 15) is 4.39 Å². The first-order chi connectivity index (χ1) is 9.20. The van der Waals surface area contributed by atoms with Crippen molar-refractivity contribution in [2.75, 3.05) is 26.3 Å². The molecular formula is C13H16FIN4O. The van der Waals surface area contributed by atoms with Crippen LogP contribution in [0.25, 0.3) is 0 Å². The summed E-state index contributed by atoms with van der Waals surface area (Å²) in [6.07, 6.45) is 0. The van der Waals surface area contributed by atoms with Crippen molar-refractivity contribution in [1.82, 2.24) is 4.90 Å². The van der Waals surface area contributed by atoms with Crippen molar-refractivity contribution in [2.24, 2.45) is 10.7 Å². The van der Waals surface area contributed by atoms with Crippen LogP contribution in [0.1, 0.15) is 11.1 Å². The van der Waals surface area contributed by atoms with Crippen LogP contribution in [0.15, 0.2) is 23.2 Å². The molecule has 0 atom stereocenters.